The number of hydrogen-bond donors (Lipinski definition) is 0. The second-order valence-corrected chi connectivity index (χ2v) is 12.4. The van der Waals surface area contributed by atoms with Gasteiger partial charge in [0, 0.05) is 16.7 Å². The molecule has 1 aromatic rings. The van der Waals surface area contributed by atoms with E-state index in [1.54, 1.807) is 0 Å². The van der Waals surface area contributed by atoms with Crippen molar-refractivity contribution < 1.29 is 19.1 Å². The zero-order chi connectivity index (χ0) is 24.6. The van der Waals surface area contributed by atoms with Crippen LogP contribution in [-0.4, -0.2) is 24.1 Å². The minimum atomic E-state index is -1.14. The molecule has 3 aliphatic rings. The van der Waals surface area contributed by atoms with E-state index in [2.05, 4.69) is 59.7 Å². The molecule has 5 atom stereocenters. The highest BCUT2D eigenvalue weighted by Crippen LogP contribution is 2.66. The number of fused-ring (bicyclic) bond motifs is 2. The van der Waals surface area contributed by atoms with Gasteiger partial charge in [0.1, 0.15) is 0 Å². The standard InChI is InChI=1S/C29H42O4/c1-10-22-23(28(22,9)21-14-19(17(2)3)13-20(15-21)18(4)5)16-32-25(31)29-12-11-27(8,24(30)33-29)26(29,6)7/h13-15,17-18,22-23H,10-12,16H2,1-9H3. The highest BCUT2D eigenvalue weighted by molar-refractivity contribution is 5.93. The van der Waals surface area contributed by atoms with Gasteiger partial charge in [-0.3, -0.25) is 4.79 Å². The molecule has 1 saturated heterocycles. The van der Waals surface area contributed by atoms with Gasteiger partial charge in [-0.25, -0.2) is 4.79 Å². The number of carbonyl (C=O) groups is 2. The van der Waals surface area contributed by atoms with Gasteiger partial charge in [-0.15, -0.1) is 0 Å². The molecule has 0 amide bonds. The normalized spacial score (nSPS) is 36.4. The third kappa shape index (κ3) is 3.15. The van der Waals surface area contributed by atoms with Crippen molar-refractivity contribution in [3.05, 3.63) is 34.9 Å². The topological polar surface area (TPSA) is 52.6 Å². The first kappa shape index (κ1) is 24.3. The minimum absolute atomic E-state index is 0.00665. The summed E-state index contributed by atoms with van der Waals surface area (Å²) in [5, 5.41) is 0. The molecule has 1 aliphatic heterocycles. The average Bonchev–Trinajstić information content (AvgIpc) is 3.25. The summed E-state index contributed by atoms with van der Waals surface area (Å²) in [4.78, 5) is 26.0. The Kier molecular flexibility index (Phi) is 5.58. The number of esters is 2. The van der Waals surface area contributed by atoms with Crippen LogP contribution in [0.4, 0.5) is 0 Å². The predicted molar refractivity (Wildman–Crippen MR) is 130 cm³/mol. The molecular weight excluding hydrogens is 412 g/mol. The molecule has 4 heteroatoms. The Hall–Kier alpha value is -1.84. The monoisotopic (exact) mass is 454 g/mol. The molecule has 5 unspecified atom stereocenters. The number of ether oxygens (including phenoxy) is 2. The van der Waals surface area contributed by atoms with Crippen LogP contribution >= 0.6 is 0 Å². The highest BCUT2D eigenvalue weighted by Gasteiger charge is 2.76. The summed E-state index contributed by atoms with van der Waals surface area (Å²) in [5.74, 6) is 1.07. The quantitative estimate of drug-likeness (QED) is 0.441. The second-order valence-electron chi connectivity index (χ2n) is 12.4. The maximum absolute atomic E-state index is 13.4. The van der Waals surface area contributed by atoms with Crippen LogP contribution in [0, 0.1) is 22.7 Å². The fourth-order valence-electron chi connectivity index (χ4n) is 6.76. The first-order valence-electron chi connectivity index (χ1n) is 12.8. The first-order chi connectivity index (χ1) is 15.3. The molecule has 1 aromatic carbocycles. The molecule has 1 heterocycles. The Bertz CT molecular complexity index is 950. The van der Waals surface area contributed by atoms with Crippen LogP contribution in [-0.2, 0) is 24.5 Å². The van der Waals surface area contributed by atoms with Crippen molar-refractivity contribution >= 4 is 11.9 Å². The van der Waals surface area contributed by atoms with E-state index in [0.29, 0.717) is 37.2 Å². The van der Waals surface area contributed by atoms with Gasteiger partial charge in [0.25, 0.3) is 0 Å². The van der Waals surface area contributed by atoms with Crippen LogP contribution < -0.4 is 0 Å². The molecular formula is C29H42O4. The summed E-state index contributed by atoms with van der Waals surface area (Å²) >= 11 is 0. The largest absolute Gasteiger partial charge is 0.462 e. The lowest BCUT2D eigenvalue weighted by Crippen LogP contribution is -2.49. The van der Waals surface area contributed by atoms with Crippen LogP contribution in [0.15, 0.2) is 18.2 Å². The molecule has 2 aliphatic carbocycles. The fraction of sp³-hybridized carbons (Fsp3) is 0.724. The SMILES string of the molecule is CCC1C(COC(=O)C23CCC(C)(C(=O)O2)C3(C)C)C1(C)c1cc(C(C)C)cc(C(C)C)c1. The Morgan fingerprint density at radius 1 is 1.00 bits per heavy atom. The molecule has 33 heavy (non-hydrogen) atoms. The predicted octanol–water partition coefficient (Wildman–Crippen LogP) is 6.51. The first-order valence-corrected chi connectivity index (χ1v) is 12.8. The van der Waals surface area contributed by atoms with E-state index in [4.69, 9.17) is 9.47 Å². The molecule has 2 bridgehead atoms. The highest BCUT2D eigenvalue weighted by atomic mass is 16.6. The van der Waals surface area contributed by atoms with Gasteiger partial charge in [-0.2, -0.15) is 0 Å². The zero-order valence-corrected chi connectivity index (χ0v) is 22.0. The van der Waals surface area contributed by atoms with Crippen LogP contribution in [0.5, 0.6) is 0 Å². The molecule has 0 aromatic heterocycles. The zero-order valence-electron chi connectivity index (χ0n) is 22.0. The fourth-order valence-corrected chi connectivity index (χ4v) is 6.76. The van der Waals surface area contributed by atoms with Crippen molar-refractivity contribution in [2.45, 2.75) is 104 Å². The van der Waals surface area contributed by atoms with Gasteiger partial charge in [-0.05, 0) is 54.2 Å². The van der Waals surface area contributed by atoms with E-state index in [0.717, 1.165) is 6.42 Å². The van der Waals surface area contributed by atoms with Gasteiger partial charge in [0.2, 0.25) is 5.60 Å². The van der Waals surface area contributed by atoms with Gasteiger partial charge in [0.05, 0.1) is 12.0 Å². The summed E-state index contributed by atoms with van der Waals surface area (Å²) in [6, 6.07) is 7.07. The van der Waals surface area contributed by atoms with E-state index in [1.165, 1.54) is 16.7 Å². The maximum Gasteiger partial charge on any atom is 0.351 e. The van der Waals surface area contributed by atoms with Gasteiger partial charge in [-0.1, -0.05) is 80.0 Å². The van der Waals surface area contributed by atoms with Crippen molar-refractivity contribution in [2.24, 2.45) is 22.7 Å². The number of carbonyl (C=O) groups excluding carboxylic acids is 2. The van der Waals surface area contributed by atoms with Gasteiger partial charge >= 0.3 is 11.9 Å². The molecule has 182 valence electrons. The molecule has 4 rings (SSSR count). The summed E-state index contributed by atoms with van der Waals surface area (Å²) in [7, 11) is 0. The van der Waals surface area contributed by atoms with E-state index in [1.807, 2.05) is 20.8 Å². The number of rotatable bonds is 7. The van der Waals surface area contributed by atoms with Crippen LogP contribution in [0.1, 0.15) is 110 Å². The Labute approximate surface area is 199 Å². The van der Waals surface area contributed by atoms with Crippen LogP contribution in [0.2, 0.25) is 0 Å². The van der Waals surface area contributed by atoms with E-state index in [9.17, 15) is 9.59 Å². The number of hydrogen-bond acceptors (Lipinski definition) is 4. The van der Waals surface area contributed by atoms with Crippen LogP contribution in [0.3, 0.4) is 0 Å². The summed E-state index contributed by atoms with van der Waals surface area (Å²) in [5.41, 5.74) is 1.78. The summed E-state index contributed by atoms with van der Waals surface area (Å²) < 4.78 is 11.7. The van der Waals surface area contributed by atoms with Crippen molar-refractivity contribution in [1.29, 1.82) is 0 Å². The summed E-state index contributed by atoms with van der Waals surface area (Å²) in [6.45, 7) is 19.8. The third-order valence-electron chi connectivity index (χ3n) is 10.1. The average molecular weight is 455 g/mol. The third-order valence-corrected chi connectivity index (χ3v) is 10.1. The summed E-state index contributed by atoms with van der Waals surface area (Å²) in [6.07, 6.45) is 2.27. The molecule has 0 spiro atoms. The van der Waals surface area contributed by atoms with E-state index in [-0.39, 0.29) is 23.3 Å². The smallest absolute Gasteiger partial charge is 0.351 e. The van der Waals surface area contributed by atoms with E-state index >= 15 is 0 Å². The van der Waals surface area contributed by atoms with Crippen molar-refractivity contribution in [3.63, 3.8) is 0 Å². The lowest BCUT2D eigenvalue weighted by molar-refractivity contribution is -0.183. The lowest BCUT2D eigenvalue weighted by atomic mass is 9.66. The number of benzene rings is 1. The Morgan fingerprint density at radius 3 is 2.00 bits per heavy atom. The molecule has 2 saturated carbocycles. The molecule has 0 N–H and O–H groups in total. The molecule has 0 radical (unpaired) electrons. The Morgan fingerprint density at radius 2 is 1.58 bits per heavy atom. The lowest BCUT2D eigenvalue weighted by Gasteiger charge is -2.34. The minimum Gasteiger partial charge on any atom is -0.462 e. The molecule has 4 nitrogen and oxygen atoms in total. The van der Waals surface area contributed by atoms with Crippen LogP contribution in [0.25, 0.3) is 0 Å². The maximum atomic E-state index is 13.4. The van der Waals surface area contributed by atoms with Gasteiger partial charge < -0.3 is 9.47 Å². The van der Waals surface area contributed by atoms with Gasteiger partial charge in [0.15, 0.2) is 0 Å². The molecule has 3 fully saturated rings. The van der Waals surface area contributed by atoms with Crippen molar-refractivity contribution in [2.75, 3.05) is 6.61 Å². The van der Waals surface area contributed by atoms with Crippen molar-refractivity contribution in [3.8, 4) is 0 Å². The second kappa shape index (κ2) is 7.58. The van der Waals surface area contributed by atoms with Crippen molar-refractivity contribution in [1.82, 2.24) is 0 Å². The van der Waals surface area contributed by atoms with E-state index < -0.39 is 16.4 Å². The Balaban J connectivity index is 1.56.